The molecule has 0 saturated carbocycles. The maximum absolute atomic E-state index is 12.7. The fraction of sp³-hybridized carbons (Fsp3) is 0.273. The Morgan fingerprint density at radius 1 is 1.36 bits per heavy atom. The molecule has 0 fully saturated rings. The van der Waals surface area contributed by atoms with Gasteiger partial charge >= 0.3 is 12.3 Å². The van der Waals surface area contributed by atoms with E-state index in [1.807, 2.05) is 0 Å². The number of nitrogens with one attached hydrogen (secondary N) is 2. The second kappa shape index (κ2) is 6.37. The van der Waals surface area contributed by atoms with E-state index in [1.54, 1.807) is 0 Å². The molecule has 2 rings (SSSR count). The zero-order valence-electron chi connectivity index (χ0n) is 10.8. The van der Waals surface area contributed by atoms with Crippen LogP contribution in [0.1, 0.15) is 10.5 Å². The van der Waals surface area contributed by atoms with E-state index in [1.165, 1.54) is 12.3 Å². The summed E-state index contributed by atoms with van der Waals surface area (Å²) >= 11 is 0. The lowest BCUT2D eigenvalue weighted by molar-refractivity contribution is -0.148. The molecule has 22 heavy (non-hydrogen) atoms. The summed E-state index contributed by atoms with van der Waals surface area (Å²) in [6, 6.07) is 2.46. The van der Waals surface area contributed by atoms with Gasteiger partial charge in [0.2, 0.25) is 5.88 Å². The molecular formula is C11H9F4N5O2. The Balaban J connectivity index is 1.92. The van der Waals surface area contributed by atoms with Gasteiger partial charge in [0.05, 0.1) is 18.1 Å². The van der Waals surface area contributed by atoms with Gasteiger partial charge in [-0.25, -0.2) is 13.8 Å². The van der Waals surface area contributed by atoms with Crippen molar-refractivity contribution in [3.8, 4) is 5.88 Å². The molecular weight excluding hydrogens is 310 g/mol. The van der Waals surface area contributed by atoms with Gasteiger partial charge in [0.1, 0.15) is 0 Å². The number of H-pyrrole nitrogens is 1. The third-order valence-electron chi connectivity index (χ3n) is 2.37. The van der Waals surface area contributed by atoms with Crippen LogP contribution >= 0.6 is 0 Å². The van der Waals surface area contributed by atoms with E-state index in [0.29, 0.717) is 0 Å². The molecule has 0 aliphatic heterocycles. The van der Waals surface area contributed by atoms with E-state index in [9.17, 15) is 22.4 Å². The molecule has 0 aliphatic carbocycles. The quantitative estimate of drug-likeness (QED) is 0.791. The SMILES string of the molecule is O=C(Nc1ccc(OCC(F)(F)C(F)F)nc1)c1cn[nH]n1. The van der Waals surface area contributed by atoms with Crippen LogP contribution in [0.2, 0.25) is 0 Å². The standard InChI is InChI=1S/C11H9F4N5O2/c12-10(13)11(14,15)5-22-8-2-1-6(3-16-8)18-9(21)7-4-17-20-19-7/h1-4,10H,5H2,(H,18,21)(H,17,19,20). The van der Waals surface area contributed by atoms with Gasteiger partial charge in [-0.1, -0.05) is 0 Å². The van der Waals surface area contributed by atoms with Crippen molar-refractivity contribution in [3.05, 3.63) is 30.2 Å². The first-order chi connectivity index (χ1) is 10.4. The Bertz CT molecular complexity index is 618. The molecule has 0 atom stereocenters. The number of rotatable bonds is 6. The smallest absolute Gasteiger partial charge is 0.340 e. The fourth-order valence-corrected chi connectivity index (χ4v) is 1.28. The number of ether oxygens (including phenoxy) is 1. The van der Waals surface area contributed by atoms with Crippen molar-refractivity contribution in [2.75, 3.05) is 11.9 Å². The van der Waals surface area contributed by atoms with E-state index < -0.39 is 24.9 Å². The molecule has 0 spiro atoms. The van der Waals surface area contributed by atoms with E-state index in [2.05, 4.69) is 30.4 Å². The Hall–Kier alpha value is -2.72. The zero-order valence-corrected chi connectivity index (χ0v) is 10.8. The van der Waals surface area contributed by atoms with Crippen LogP contribution in [0.4, 0.5) is 23.2 Å². The second-order valence-electron chi connectivity index (χ2n) is 4.04. The van der Waals surface area contributed by atoms with E-state index >= 15 is 0 Å². The number of nitrogens with zero attached hydrogens (tertiary/aromatic N) is 3. The summed E-state index contributed by atoms with van der Waals surface area (Å²) in [4.78, 5) is 15.2. The third-order valence-corrected chi connectivity index (χ3v) is 2.37. The highest BCUT2D eigenvalue weighted by molar-refractivity contribution is 6.02. The van der Waals surface area contributed by atoms with Crippen molar-refractivity contribution >= 4 is 11.6 Å². The summed E-state index contributed by atoms with van der Waals surface area (Å²) in [5.74, 6) is -5.10. The van der Waals surface area contributed by atoms with Crippen molar-refractivity contribution in [2.45, 2.75) is 12.3 Å². The van der Waals surface area contributed by atoms with Gasteiger partial charge in [-0.3, -0.25) is 4.79 Å². The molecule has 0 unspecified atom stereocenters. The molecule has 2 aromatic heterocycles. The first-order valence-corrected chi connectivity index (χ1v) is 5.80. The van der Waals surface area contributed by atoms with Crippen LogP contribution in [-0.2, 0) is 0 Å². The molecule has 118 valence electrons. The number of carbonyl (C=O) groups is 1. The molecule has 2 heterocycles. The van der Waals surface area contributed by atoms with Gasteiger partial charge in [0, 0.05) is 6.07 Å². The monoisotopic (exact) mass is 319 g/mol. The van der Waals surface area contributed by atoms with Gasteiger partial charge in [-0.05, 0) is 6.07 Å². The fourth-order valence-electron chi connectivity index (χ4n) is 1.28. The van der Waals surface area contributed by atoms with Gasteiger partial charge in [0.15, 0.2) is 12.3 Å². The molecule has 0 aromatic carbocycles. The number of hydrogen-bond acceptors (Lipinski definition) is 5. The van der Waals surface area contributed by atoms with E-state index in [-0.39, 0.29) is 17.3 Å². The first-order valence-electron chi connectivity index (χ1n) is 5.80. The number of halogens is 4. The number of anilines is 1. The highest BCUT2D eigenvalue weighted by Gasteiger charge is 2.41. The summed E-state index contributed by atoms with van der Waals surface area (Å²) in [6.45, 7) is -1.50. The highest BCUT2D eigenvalue weighted by atomic mass is 19.3. The number of aromatic nitrogens is 4. The van der Waals surface area contributed by atoms with Gasteiger partial charge in [-0.15, -0.1) is 0 Å². The third kappa shape index (κ3) is 3.90. The maximum Gasteiger partial charge on any atom is 0.340 e. The Morgan fingerprint density at radius 3 is 2.68 bits per heavy atom. The first kappa shape index (κ1) is 15.7. The number of amides is 1. The number of pyridine rings is 1. The minimum absolute atomic E-state index is 0.0388. The lowest BCUT2D eigenvalue weighted by Gasteiger charge is -2.15. The summed E-state index contributed by atoms with van der Waals surface area (Å²) in [6.07, 6.45) is -1.51. The average molecular weight is 319 g/mol. The van der Waals surface area contributed by atoms with Gasteiger partial charge in [0.25, 0.3) is 5.91 Å². The number of alkyl halides is 4. The zero-order chi connectivity index (χ0) is 16.2. The summed E-state index contributed by atoms with van der Waals surface area (Å²) in [5.41, 5.74) is 0.276. The maximum atomic E-state index is 12.7. The molecule has 2 N–H and O–H groups in total. The van der Waals surface area contributed by atoms with Crippen molar-refractivity contribution < 1.29 is 27.1 Å². The molecule has 0 saturated heterocycles. The molecule has 2 aromatic rings. The summed E-state index contributed by atoms with van der Waals surface area (Å²) in [7, 11) is 0. The number of aromatic amines is 1. The van der Waals surface area contributed by atoms with Crippen LogP contribution < -0.4 is 10.1 Å². The summed E-state index contributed by atoms with van der Waals surface area (Å²) in [5, 5.41) is 11.7. The van der Waals surface area contributed by atoms with Crippen molar-refractivity contribution in [2.24, 2.45) is 0 Å². The lowest BCUT2D eigenvalue weighted by atomic mass is 10.3. The average Bonchev–Trinajstić information content (AvgIpc) is 3.01. The molecule has 0 aliphatic rings. The lowest BCUT2D eigenvalue weighted by Crippen LogP contribution is -2.33. The largest absolute Gasteiger partial charge is 0.471 e. The van der Waals surface area contributed by atoms with Crippen LogP contribution in [-0.4, -0.2) is 45.3 Å². The van der Waals surface area contributed by atoms with Crippen molar-refractivity contribution in [3.63, 3.8) is 0 Å². The van der Waals surface area contributed by atoms with Crippen LogP contribution in [0.25, 0.3) is 0 Å². The van der Waals surface area contributed by atoms with Gasteiger partial charge in [-0.2, -0.15) is 24.2 Å². The van der Waals surface area contributed by atoms with E-state index in [4.69, 9.17) is 0 Å². The molecule has 7 nitrogen and oxygen atoms in total. The molecule has 0 radical (unpaired) electrons. The highest BCUT2D eigenvalue weighted by Crippen LogP contribution is 2.24. The molecule has 0 bridgehead atoms. The Morgan fingerprint density at radius 2 is 2.14 bits per heavy atom. The summed E-state index contributed by atoms with van der Waals surface area (Å²) < 4.78 is 53.7. The molecule has 11 heteroatoms. The van der Waals surface area contributed by atoms with Crippen LogP contribution in [0.3, 0.4) is 0 Å². The predicted octanol–water partition coefficient (Wildman–Crippen LogP) is 1.73. The second-order valence-corrected chi connectivity index (χ2v) is 4.04. The minimum Gasteiger partial charge on any atom is -0.471 e. The normalized spacial score (nSPS) is 11.5. The van der Waals surface area contributed by atoms with Crippen LogP contribution in [0.5, 0.6) is 5.88 Å². The number of hydrogen-bond donors (Lipinski definition) is 2. The van der Waals surface area contributed by atoms with Crippen molar-refractivity contribution in [1.29, 1.82) is 0 Å². The number of carbonyl (C=O) groups excluding carboxylic acids is 1. The topological polar surface area (TPSA) is 92.8 Å². The van der Waals surface area contributed by atoms with Gasteiger partial charge < -0.3 is 10.1 Å². The van der Waals surface area contributed by atoms with Crippen LogP contribution in [0.15, 0.2) is 24.5 Å². The predicted molar refractivity (Wildman–Crippen MR) is 65.0 cm³/mol. The Labute approximate surface area is 120 Å². The van der Waals surface area contributed by atoms with E-state index in [0.717, 1.165) is 12.3 Å². The van der Waals surface area contributed by atoms with Crippen molar-refractivity contribution in [1.82, 2.24) is 20.4 Å². The molecule has 1 amide bonds. The minimum atomic E-state index is -4.26. The Kier molecular flexibility index (Phi) is 4.53. The van der Waals surface area contributed by atoms with Crippen LogP contribution in [0, 0.1) is 0 Å².